The van der Waals surface area contributed by atoms with Crippen LogP contribution in [0.15, 0.2) is 41.0 Å². The normalized spacial score (nSPS) is 14.3. The van der Waals surface area contributed by atoms with E-state index in [1.165, 1.54) is 4.88 Å². The monoisotopic (exact) mass is 529 g/mol. The Balaban J connectivity index is 0.00000300. The molecule has 2 aromatic rings. The Bertz CT molecular complexity index is 762. The molecule has 1 aliphatic rings. The molecular weight excluding hydrogens is 501 g/mol. The van der Waals surface area contributed by atoms with E-state index in [1.807, 2.05) is 6.07 Å². The molecule has 29 heavy (non-hydrogen) atoms. The van der Waals surface area contributed by atoms with Crippen LogP contribution in [-0.4, -0.2) is 85.0 Å². The summed E-state index contributed by atoms with van der Waals surface area (Å²) in [7, 11) is 3.50. The molecule has 0 radical (unpaired) electrons. The number of thiophene rings is 1. The van der Waals surface area contributed by atoms with E-state index >= 15 is 0 Å². The third kappa shape index (κ3) is 7.11. The number of amides is 1. The van der Waals surface area contributed by atoms with Crippen molar-refractivity contribution < 1.29 is 4.79 Å². The van der Waals surface area contributed by atoms with E-state index in [2.05, 4.69) is 47.6 Å². The molecule has 0 saturated carbocycles. The lowest BCUT2D eigenvalue weighted by Crippen LogP contribution is -2.53. The average molecular weight is 529 g/mol. The summed E-state index contributed by atoms with van der Waals surface area (Å²) in [6.07, 6.45) is 4.47. The quantitative estimate of drug-likeness (QED) is 0.348. The summed E-state index contributed by atoms with van der Waals surface area (Å²) in [6.45, 7) is 4.18. The number of guanidine groups is 1. The number of aliphatic imine (C=N–C) groups is 1. The Morgan fingerprint density at radius 3 is 2.55 bits per heavy atom. The summed E-state index contributed by atoms with van der Waals surface area (Å²) in [4.78, 5) is 32.5. The van der Waals surface area contributed by atoms with Crippen LogP contribution in [0.3, 0.4) is 0 Å². The van der Waals surface area contributed by atoms with Crippen molar-refractivity contribution in [1.82, 2.24) is 25.1 Å². The van der Waals surface area contributed by atoms with E-state index in [0.717, 1.165) is 51.1 Å². The highest BCUT2D eigenvalue weighted by Gasteiger charge is 2.21. The maximum absolute atomic E-state index is 12.0. The number of carbonyl (C=O) groups excluding carboxylic acids is 1. The standard InChI is InChI=1S/C19H27N7OS.HI/c1-24(2)17(27)15-23-19(22-9-6-16-5-3-14-28-16)26-12-10-25(11-13-26)18-20-7-4-8-21-18;/h3-5,7-8,14H,6,9-13,15H2,1-2H3,(H,22,23);1H. The molecule has 0 aliphatic carbocycles. The Labute approximate surface area is 193 Å². The van der Waals surface area contributed by atoms with Gasteiger partial charge in [0.25, 0.3) is 0 Å². The number of halogens is 1. The van der Waals surface area contributed by atoms with Gasteiger partial charge in [-0.05, 0) is 23.9 Å². The van der Waals surface area contributed by atoms with Gasteiger partial charge in [0.05, 0.1) is 0 Å². The second-order valence-corrected chi connectivity index (χ2v) is 7.74. The summed E-state index contributed by atoms with van der Waals surface area (Å²) in [5.41, 5.74) is 0. The van der Waals surface area contributed by atoms with E-state index in [4.69, 9.17) is 0 Å². The molecule has 10 heteroatoms. The molecule has 0 bridgehead atoms. The van der Waals surface area contributed by atoms with Crippen LogP contribution in [0.4, 0.5) is 5.95 Å². The van der Waals surface area contributed by atoms with Gasteiger partial charge in [-0.25, -0.2) is 15.0 Å². The molecule has 8 nitrogen and oxygen atoms in total. The van der Waals surface area contributed by atoms with E-state index < -0.39 is 0 Å². The maximum Gasteiger partial charge on any atom is 0.243 e. The SMILES string of the molecule is CN(C)C(=O)CN=C(NCCc1cccs1)N1CCN(c2ncccn2)CC1.I. The van der Waals surface area contributed by atoms with Gasteiger partial charge < -0.3 is 20.0 Å². The van der Waals surface area contributed by atoms with Gasteiger partial charge in [0, 0.05) is 64.1 Å². The Kier molecular flexibility index (Phi) is 9.58. The number of carbonyl (C=O) groups is 1. The molecule has 158 valence electrons. The molecule has 0 unspecified atom stereocenters. The zero-order chi connectivity index (χ0) is 19.8. The second kappa shape index (κ2) is 11.9. The van der Waals surface area contributed by atoms with Gasteiger partial charge in [0.1, 0.15) is 6.54 Å². The van der Waals surface area contributed by atoms with Gasteiger partial charge in [-0.1, -0.05) is 6.07 Å². The summed E-state index contributed by atoms with van der Waals surface area (Å²) in [5.74, 6) is 1.54. The molecule has 1 N–H and O–H groups in total. The van der Waals surface area contributed by atoms with Crippen molar-refractivity contribution in [2.45, 2.75) is 6.42 Å². The fraction of sp³-hybridized carbons (Fsp3) is 0.474. The predicted molar refractivity (Wildman–Crippen MR) is 128 cm³/mol. The molecule has 1 fully saturated rings. The highest BCUT2D eigenvalue weighted by Crippen LogP contribution is 2.11. The lowest BCUT2D eigenvalue weighted by molar-refractivity contribution is -0.127. The van der Waals surface area contributed by atoms with Crippen LogP contribution in [0.1, 0.15) is 4.88 Å². The van der Waals surface area contributed by atoms with Crippen LogP contribution < -0.4 is 10.2 Å². The molecule has 2 aromatic heterocycles. The molecule has 3 heterocycles. The molecule has 0 spiro atoms. The van der Waals surface area contributed by atoms with Crippen LogP contribution >= 0.6 is 35.3 Å². The fourth-order valence-electron chi connectivity index (χ4n) is 2.88. The van der Waals surface area contributed by atoms with Gasteiger partial charge in [0.2, 0.25) is 11.9 Å². The lowest BCUT2D eigenvalue weighted by Gasteiger charge is -2.36. The lowest BCUT2D eigenvalue weighted by atomic mass is 10.3. The third-order valence-corrected chi connectivity index (χ3v) is 5.45. The maximum atomic E-state index is 12.0. The molecule has 3 rings (SSSR count). The molecule has 1 saturated heterocycles. The summed E-state index contributed by atoms with van der Waals surface area (Å²) >= 11 is 1.76. The number of likely N-dealkylation sites (N-methyl/N-ethyl adjacent to an activating group) is 1. The zero-order valence-electron chi connectivity index (χ0n) is 16.8. The molecule has 0 aromatic carbocycles. The number of nitrogens with one attached hydrogen (secondary N) is 1. The van der Waals surface area contributed by atoms with Gasteiger partial charge in [-0.2, -0.15) is 0 Å². The molecule has 1 amide bonds. The van der Waals surface area contributed by atoms with Gasteiger partial charge in [-0.3, -0.25) is 4.79 Å². The number of hydrogen-bond donors (Lipinski definition) is 1. The first-order valence-electron chi connectivity index (χ1n) is 9.41. The molecule has 0 atom stereocenters. The number of nitrogens with zero attached hydrogens (tertiary/aromatic N) is 6. The fourth-order valence-corrected chi connectivity index (χ4v) is 3.59. The number of rotatable bonds is 6. The highest BCUT2D eigenvalue weighted by molar-refractivity contribution is 14.0. The first kappa shape index (κ1) is 23.3. The zero-order valence-corrected chi connectivity index (χ0v) is 20.0. The van der Waals surface area contributed by atoms with Crippen molar-refractivity contribution in [3.05, 3.63) is 40.8 Å². The van der Waals surface area contributed by atoms with E-state index in [9.17, 15) is 4.79 Å². The number of aromatic nitrogens is 2. The van der Waals surface area contributed by atoms with Crippen LogP contribution in [0.25, 0.3) is 0 Å². The Hall–Kier alpha value is -1.95. The largest absolute Gasteiger partial charge is 0.356 e. The van der Waals surface area contributed by atoms with Crippen molar-refractivity contribution in [2.24, 2.45) is 4.99 Å². The van der Waals surface area contributed by atoms with E-state index in [1.54, 1.807) is 42.7 Å². The molecular formula is C19H28IN7OS. The predicted octanol–water partition coefficient (Wildman–Crippen LogP) is 1.55. The van der Waals surface area contributed by atoms with Crippen molar-refractivity contribution in [2.75, 3.05) is 58.3 Å². The average Bonchev–Trinajstić information content (AvgIpc) is 3.24. The number of hydrogen-bond acceptors (Lipinski definition) is 6. The third-order valence-electron chi connectivity index (χ3n) is 4.51. The first-order chi connectivity index (χ1) is 13.6. The number of piperazine rings is 1. The highest BCUT2D eigenvalue weighted by atomic mass is 127. The van der Waals surface area contributed by atoms with Crippen molar-refractivity contribution >= 4 is 53.1 Å². The summed E-state index contributed by atoms with van der Waals surface area (Å²) < 4.78 is 0. The topological polar surface area (TPSA) is 77.0 Å². The smallest absolute Gasteiger partial charge is 0.243 e. The van der Waals surface area contributed by atoms with E-state index in [0.29, 0.717) is 0 Å². The Morgan fingerprint density at radius 1 is 1.21 bits per heavy atom. The first-order valence-corrected chi connectivity index (χ1v) is 10.3. The van der Waals surface area contributed by atoms with Crippen LogP contribution in [0.5, 0.6) is 0 Å². The van der Waals surface area contributed by atoms with E-state index in [-0.39, 0.29) is 36.4 Å². The minimum atomic E-state index is -0.00567. The summed E-state index contributed by atoms with van der Waals surface area (Å²) in [6, 6.07) is 6.02. The van der Waals surface area contributed by atoms with Crippen LogP contribution in [0, 0.1) is 0 Å². The minimum absolute atomic E-state index is 0. The van der Waals surface area contributed by atoms with Crippen LogP contribution in [0.2, 0.25) is 0 Å². The minimum Gasteiger partial charge on any atom is -0.356 e. The van der Waals surface area contributed by atoms with Crippen LogP contribution in [-0.2, 0) is 11.2 Å². The second-order valence-electron chi connectivity index (χ2n) is 6.71. The van der Waals surface area contributed by atoms with Crippen molar-refractivity contribution in [3.8, 4) is 0 Å². The molecule has 1 aliphatic heterocycles. The van der Waals surface area contributed by atoms with Gasteiger partial charge >= 0.3 is 0 Å². The van der Waals surface area contributed by atoms with Crippen molar-refractivity contribution in [1.29, 1.82) is 0 Å². The number of anilines is 1. The van der Waals surface area contributed by atoms with Crippen molar-refractivity contribution in [3.63, 3.8) is 0 Å². The van der Waals surface area contributed by atoms with Gasteiger partial charge in [0.15, 0.2) is 5.96 Å². The Morgan fingerprint density at radius 2 is 1.93 bits per heavy atom. The summed E-state index contributed by atoms with van der Waals surface area (Å²) in [5, 5.41) is 5.53. The van der Waals surface area contributed by atoms with Gasteiger partial charge in [-0.15, -0.1) is 35.3 Å².